The monoisotopic (exact) mass is 305 g/mol. The van der Waals surface area contributed by atoms with E-state index in [-0.39, 0.29) is 10.7 Å². The van der Waals surface area contributed by atoms with Crippen LogP contribution < -0.4 is 11.1 Å². The molecule has 1 heterocycles. The summed E-state index contributed by atoms with van der Waals surface area (Å²) in [5, 5.41) is 3.53. The summed E-state index contributed by atoms with van der Waals surface area (Å²) in [6.45, 7) is 1.12. The van der Waals surface area contributed by atoms with Crippen molar-refractivity contribution in [2.75, 3.05) is 30.5 Å². The molecule has 0 bridgehead atoms. The molecule has 2 rings (SSSR count). The van der Waals surface area contributed by atoms with Crippen molar-refractivity contribution in [3.63, 3.8) is 0 Å². The normalized spacial score (nSPS) is 16.9. The Kier molecular flexibility index (Phi) is 4.64. The number of nitrogens with one attached hydrogen (secondary N) is 1. The maximum absolute atomic E-state index is 11.6. The summed E-state index contributed by atoms with van der Waals surface area (Å²) in [4.78, 5) is 0.0957. The topological polar surface area (TPSA) is 94.3 Å². The molecule has 8 heteroatoms. The van der Waals surface area contributed by atoms with Gasteiger partial charge in [0, 0.05) is 12.8 Å². The molecule has 0 unspecified atom stereocenters. The van der Waals surface area contributed by atoms with Crippen molar-refractivity contribution >= 4 is 32.2 Å². The number of nitrogens with two attached hydrogens (primary N) is 1. The van der Waals surface area contributed by atoms with Crippen LogP contribution in [0.15, 0.2) is 4.90 Å². The molecule has 0 aromatic carbocycles. The van der Waals surface area contributed by atoms with Gasteiger partial charge in [0.25, 0.3) is 0 Å². The highest BCUT2D eigenvalue weighted by molar-refractivity contribution is 7.91. The number of aromatic nitrogens is 1. The summed E-state index contributed by atoms with van der Waals surface area (Å²) in [6.07, 6.45) is 6.23. The first-order chi connectivity index (χ1) is 8.98. The molecule has 0 atom stereocenters. The van der Waals surface area contributed by atoms with Gasteiger partial charge >= 0.3 is 0 Å². The van der Waals surface area contributed by atoms with Crippen molar-refractivity contribution in [3.05, 3.63) is 0 Å². The molecule has 0 amide bonds. The van der Waals surface area contributed by atoms with Crippen LogP contribution in [0.25, 0.3) is 0 Å². The minimum atomic E-state index is -3.35. The zero-order valence-electron chi connectivity index (χ0n) is 10.9. The maximum Gasteiger partial charge on any atom is 0.182 e. The molecule has 3 N–H and O–H groups in total. The molecule has 108 valence electrons. The van der Waals surface area contributed by atoms with Crippen molar-refractivity contribution in [3.8, 4) is 0 Å². The van der Waals surface area contributed by atoms with Crippen molar-refractivity contribution in [2.45, 2.75) is 36.7 Å². The number of nitrogens with zero attached hydrogens (tertiary/aromatic N) is 1. The van der Waals surface area contributed by atoms with Gasteiger partial charge in [0.05, 0.1) is 12.7 Å². The van der Waals surface area contributed by atoms with Gasteiger partial charge in [0.2, 0.25) is 0 Å². The quantitative estimate of drug-likeness (QED) is 0.773. The molecular weight excluding hydrogens is 286 g/mol. The molecule has 0 aliphatic heterocycles. The number of nitrogen functional groups attached to an aromatic ring is 1. The maximum atomic E-state index is 11.6. The van der Waals surface area contributed by atoms with Gasteiger partial charge in [-0.1, -0.05) is 12.8 Å². The highest BCUT2D eigenvalue weighted by atomic mass is 32.2. The Balaban J connectivity index is 1.86. The minimum absolute atomic E-state index is 0.0618. The summed E-state index contributed by atoms with van der Waals surface area (Å²) in [7, 11) is -3.35. The molecule has 6 nitrogen and oxygen atoms in total. The van der Waals surface area contributed by atoms with E-state index in [1.54, 1.807) is 0 Å². The number of hydrogen-bond acceptors (Lipinski definition) is 7. The number of ether oxygens (including phenoxy) is 1. The molecule has 1 fully saturated rings. The average molecular weight is 305 g/mol. The van der Waals surface area contributed by atoms with Gasteiger partial charge in [-0.2, -0.15) is 4.37 Å². The lowest BCUT2D eigenvalue weighted by Gasteiger charge is -2.11. The summed E-state index contributed by atoms with van der Waals surface area (Å²) in [5.74, 6) is 0.0618. The van der Waals surface area contributed by atoms with E-state index in [0.717, 1.165) is 30.6 Å². The lowest BCUT2D eigenvalue weighted by molar-refractivity contribution is 0.0659. The smallest absolute Gasteiger partial charge is 0.182 e. The first kappa shape index (κ1) is 14.5. The van der Waals surface area contributed by atoms with Crippen molar-refractivity contribution in [1.82, 2.24) is 4.37 Å². The predicted molar refractivity (Wildman–Crippen MR) is 76.3 cm³/mol. The van der Waals surface area contributed by atoms with E-state index in [1.165, 1.54) is 12.8 Å². The molecule has 0 saturated heterocycles. The zero-order valence-corrected chi connectivity index (χ0v) is 12.5. The highest BCUT2D eigenvalue weighted by Gasteiger charge is 2.21. The molecule has 1 aliphatic rings. The number of sulfone groups is 1. The van der Waals surface area contributed by atoms with Crippen LogP contribution in [0, 0.1) is 0 Å². The molecule has 19 heavy (non-hydrogen) atoms. The number of hydrogen-bond donors (Lipinski definition) is 2. The number of rotatable bonds is 6. The van der Waals surface area contributed by atoms with E-state index in [1.807, 2.05) is 0 Å². The molecule has 0 radical (unpaired) electrons. The molecule has 1 saturated carbocycles. The SMILES string of the molecule is CS(=O)(=O)c1c(N)nsc1NCCOC1CCCC1. The molecule has 0 spiro atoms. The van der Waals surface area contributed by atoms with Crippen LogP contribution in [-0.4, -0.2) is 38.3 Å². The van der Waals surface area contributed by atoms with E-state index in [4.69, 9.17) is 10.5 Å². The Morgan fingerprint density at radius 2 is 2.16 bits per heavy atom. The van der Waals surface area contributed by atoms with Gasteiger partial charge in [0.1, 0.15) is 9.90 Å². The van der Waals surface area contributed by atoms with Gasteiger partial charge in [0.15, 0.2) is 15.7 Å². The van der Waals surface area contributed by atoms with E-state index >= 15 is 0 Å². The lowest BCUT2D eigenvalue weighted by Crippen LogP contribution is -2.16. The molecule has 1 aliphatic carbocycles. The minimum Gasteiger partial charge on any atom is -0.382 e. The van der Waals surface area contributed by atoms with Crippen molar-refractivity contribution in [2.24, 2.45) is 0 Å². The summed E-state index contributed by atoms with van der Waals surface area (Å²) in [6, 6.07) is 0. The summed E-state index contributed by atoms with van der Waals surface area (Å²) in [5.41, 5.74) is 5.58. The third kappa shape index (κ3) is 3.80. The fourth-order valence-electron chi connectivity index (χ4n) is 2.21. The van der Waals surface area contributed by atoms with Crippen molar-refractivity contribution < 1.29 is 13.2 Å². The Hall–Kier alpha value is -0.860. The van der Waals surface area contributed by atoms with E-state index in [0.29, 0.717) is 24.3 Å². The van der Waals surface area contributed by atoms with Crippen LogP contribution in [-0.2, 0) is 14.6 Å². The van der Waals surface area contributed by atoms with E-state index in [2.05, 4.69) is 9.69 Å². The Morgan fingerprint density at radius 3 is 2.79 bits per heavy atom. The standard InChI is InChI=1S/C11H19N3O3S2/c1-19(15,16)9-10(12)14-18-11(9)13-6-7-17-8-4-2-3-5-8/h8,13H,2-7H2,1H3,(H2,12,14). The van der Waals surface area contributed by atoms with Gasteiger partial charge in [-0.25, -0.2) is 8.42 Å². The van der Waals surface area contributed by atoms with E-state index < -0.39 is 9.84 Å². The molecular formula is C11H19N3O3S2. The predicted octanol–water partition coefficient (Wildman–Crippen LogP) is 1.50. The molecule has 1 aromatic rings. The zero-order chi connectivity index (χ0) is 13.9. The first-order valence-electron chi connectivity index (χ1n) is 6.29. The second-order valence-corrected chi connectivity index (χ2v) is 7.43. The van der Waals surface area contributed by atoms with Gasteiger partial charge in [-0.15, -0.1) is 0 Å². The van der Waals surface area contributed by atoms with Crippen LogP contribution in [0.5, 0.6) is 0 Å². The second kappa shape index (κ2) is 6.06. The fraction of sp³-hybridized carbons (Fsp3) is 0.727. The average Bonchev–Trinajstić information content (AvgIpc) is 2.93. The van der Waals surface area contributed by atoms with Crippen LogP contribution in [0.1, 0.15) is 25.7 Å². The molecule has 1 aromatic heterocycles. The Morgan fingerprint density at radius 1 is 1.47 bits per heavy atom. The van der Waals surface area contributed by atoms with Crippen molar-refractivity contribution in [1.29, 1.82) is 0 Å². The summed E-state index contributed by atoms with van der Waals surface area (Å²) < 4.78 is 32.8. The largest absolute Gasteiger partial charge is 0.382 e. The van der Waals surface area contributed by atoms with Crippen LogP contribution in [0.4, 0.5) is 10.8 Å². The highest BCUT2D eigenvalue weighted by Crippen LogP contribution is 2.31. The Labute approximate surface area is 117 Å². The van der Waals surface area contributed by atoms with Crippen LogP contribution in [0.2, 0.25) is 0 Å². The van der Waals surface area contributed by atoms with Crippen LogP contribution >= 0.6 is 11.5 Å². The first-order valence-corrected chi connectivity index (χ1v) is 8.95. The van der Waals surface area contributed by atoms with Crippen LogP contribution in [0.3, 0.4) is 0 Å². The van der Waals surface area contributed by atoms with Gasteiger partial charge in [-0.05, 0) is 24.4 Å². The van der Waals surface area contributed by atoms with Gasteiger partial charge in [-0.3, -0.25) is 0 Å². The third-order valence-corrected chi connectivity index (χ3v) is 5.19. The Bertz CT molecular complexity index is 521. The fourth-order valence-corrected chi connectivity index (χ4v) is 4.30. The second-order valence-electron chi connectivity index (χ2n) is 4.70. The van der Waals surface area contributed by atoms with Gasteiger partial charge < -0.3 is 15.8 Å². The summed E-state index contributed by atoms with van der Waals surface area (Å²) >= 11 is 1.06. The lowest BCUT2D eigenvalue weighted by atomic mass is 10.3. The number of anilines is 2. The van der Waals surface area contributed by atoms with E-state index in [9.17, 15) is 8.42 Å². The third-order valence-electron chi connectivity index (χ3n) is 3.09.